The van der Waals surface area contributed by atoms with Gasteiger partial charge in [-0.05, 0) is 36.6 Å². The lowest BCUT2D eigenvalue weighted by Gasteiger charge is -2.08. The Morgan fingerprint density at radius 2 is 1.80 bits per heavy atom. The lowest BCUT2D eigenvalue weighted by molar-refractivity contribution is -0.384. The lowest BCUT2D eigenvalue weighted by atomic mass is 9.99. The molecular weight excluding hydrogens is 318 g/mol. The van der Waals surface area contributed by atoms with Crippen LogP contribution >= 0.6 is 0 Å². The van der Waals surface area contributed by atoms with Crippen molar-refractivity contribution in [3.63, 3.8) is 0 Å². The van der Waals surface area contributed by atoms with Gasteiger partial charge in [0.1, 0.15) is 5.58 Å². The van der Waals surface area contributed by atoms with Gasteiger partial charge in [0, 0.05) is 29.5 Å². The summed E-state index contributed by atoms with van der Waals surface area (Å²) in [6.45, 7) is 7.81. The van der Waals surface area contributed by atoms with Crippen molar-refractivity contribution in [2.75, 3.05) is 0 Å². The zero-order chi connectivity index (χ0) is 18.6. The van der Waals surface area contributed by atoms with Gasteiger partial charge in [0.15, 0.2) is 0 Å². The average molecular weight is 339 g/mol. The van der Waals surface area contributed by atoms with Crippen LogP contribution in [-0.2, 0) is 6.42 Å². The molecule has 5 nitrogen and oxygen atoms in total. The summed E-state index contributed by atoms with van der Waals surface area (Å²) in [5.41, 5.74) is 3.29. The number of benzene rings is 2. The van der Waals surface area contributed by atoms with Crippen LogP contribution in [0.25, 0.3) is 11.0 Å². The molecule has 25 heavy (non-hydrogen) atoms. The number of hydrogen-bond donors (Lipinski definition) is 0. The SMILES string of the molecule is CC.Cc1ccc2c(C)c(Cc3cccc([N+](=O)[O-])c3)c(=O)oc2c1. The molecule has 0 aliphatic carbocycles. The first-order chi connectivity index (χ1) is 12.0. The molecule has 0 atom stereocenters. The van der Waals surface area contributed by atoms with Gasteiger partial charge < -0.3 is 4.42 Å². The van der Waals surface area contributed by atoms with Crippen LogP contribution in [0.1, 0.15) is 36.1 Å². The Balaban J connectivity index is 0.00000109. The van der Waals surface area contributed by atoms with Gasteiger partial charge in [0.25, 0.3) is 5.69 Å². The van der Waals surface area contributed by atoms with E-state index in [0.29, 0.717) is 23.1 Å². The van der Waals surface area contributed by atoms with E-state index in [1.54, 1.807) is 12.1 Å². The topological polar surface area (TPSA) is 73.3 Å². The van der Waals surface area contributed by atoms with Gasteiger partial charge >= 0.3 is 5.63 Å². The summed E-state index contributed by atoms with van der Waals surface area (Å²) in [5, 5.41) is 11.8. The highest BCUT2D eigenvalue weighted by Crippen LogP contribution is 2.23. The molecule has 130 valence electrons. The highest BCUT2D eigenvalue weighted by Gasteiger charge is 2.13. The van der Waals surface area contributed by atoms with E-state index in [2.05, 4.69) is 0 Å². The van der Waals surface area contributed by atoms with Gasteiger partial charge in [0.2, 0.25) is 0 Å². The van der Waals surface area contributed by atoms with Gasteiger partial charge in [0.05, 0.1) is 4.92 Å². The Kier molecular flexibility index (Phi) is 5.70. The Morgan fingerprint density at radius 1 is 1.08 bits per heavy atom. The maximum atomic E-state index is 12.3. The van der Waals surface area contributed by atoms with Crippen molar-refractivity contribution in [1.29, 1.82) is 0 Å². The van der Waals surface area contributed by atoms with E-state index >= 15 is 0 Å². The molecule has 1 heterocycles. The van der Waals surface area contributed by atoms with Crippen LogP contribution in [0.2, 0.25) is 0 Å². The lowest BCUT2D eigenvalue weighted by Crippen LogP contribution is -2.11. The molecule has 0 saturated heterocycles. The van der Waals surface area contributed by atoms with E-state index in [1.807, 2.05) is 45.9 Å². The van der Waals surface area contributed by atoms with Crippen molar-refractivity contribution in [2.24, 2.45) is 0 Å². The molecule has 0 radical (unpaired) electrons. The second kappa shape index (κ2) is 7.75. The van der Waals surface area contributed by atoms with Crippen LogP contribution in [0.4, 0.5) is 5.69 Å². The number of hydrogen-bond acceptors (Lipinski definition) is 4. The summed E-state index contributed by atoms with van der Waals surface area (Å²) < 4.78 is 5.41. The molecule has 0 spiro atoms. The first-order valence-electron chi connectivity index (χ1n) is 8.22. The second-order valence-corrected chi connectivity index (χ2v) is 5.60. The summed E-state index contributed by atoms with van der Waals surface area (Å²) in [7, 11) is 0. The minimum atomic E-state index is -0.442. The zero-order valence-electron chi connectivity index (χ0n) is 14.8. The maximum Gasteiger partial charge on any atom is 0.340 e. The van der Waals surface area contributed by atoms with Crippen LogP contribution < -0.4 is 5.63 Å². The van der Waals surface area contributed by atoms with Gasteiger partial charge in [-0.2, -0.15) is 0 Å². The number of non-ortho nitro benzene ring substituents is 1. The average Bonchev–Trinajstić information content (AvgIpc) is 2.60. The van der Waals surface area contributed by atoms with E-state index < -0.39 is 10.5 Å². The predicted molar refractivity (Wildman–Crippen MR) is 99.2 cm³/mol. The van der Waals surface area contributed by atoms with Crippen molar-refractivity contribution in [1.82, 2.24) is 0 Å². The minimum Gasteiger partial charge on any atom is -0.422 e. The summed E-state index contributed by atoms with van der Waals surface area (Å²) in [6, 6.07) is 12.0. The summed E-state index contributed by atoms with van der Waals surface area (Å²) in [6.07, 6.45) is 0.305. The van der Waals surface area contributed by atoms with Crippen molar-refractivity contribution in [3.8, 4) is 0 Å². The molecule has 0 saturated carbocycles. The third-order valence-electron chi connectivity index (χ3n) is 3.95. The number of rotatable bonds is 3. The Morgan fingerprint density at radius 3 is 2.48 bits per heavy atom. The molecule has 0 aliphatic heterocycles. The van der Waals surface area contributed by atoms with Crippen LogP contribution in [0.5, 0.6) is 0 Å². The number of nitro groups is 1. The highest BCUT2D eigenvalue weighted by molar-refractivity contribution is 5.81. The van der Waals surface area contributed by atoms with E-state index in [-0.39, 0.29) is 5.69 Å². The third kappa shape index (κ3) is 3.94. The summed E-state index contributed by atoms with van der Waals surface area (Å²) >= 11 is 0. The minimum absolute atomic E-state index is 0.0148. The smallest absolute Gasteiger partial charge is 0.340 e. The Labute approximate surface area is 146 Å². The molecule has 0 amide bonds. The van der Waals surface area contributed by atoms with Gasteiger partial charge in [-0.3, -0.25) is 10.1 Å². The largest absolute Gasteiger partial charge is 0.422 e. The normalized spacial score (nSPS) is 10.2. The monoisotopic (exact) mass is 339 g/mol. The molecule has 3 rings (SSSR count). The maximum absolute atomic E-state index is 12.3. The van der Waals surface area contributed by atoms with Crippen molar-refractivity contribution in [3.05, 3.63) is 85.3 Å². The van der Waals surface area contributed by atoms with E-state index in [9.17, 15) is 14.9 Å². The summed E-state index contributed by atoms with van der Waals surface area (Å²) in [5.74, 6) is 0. The Hall–Kier alpha value is -2.95. The molecule has 5 heteroatoms. The van der Waals surface area contributed by atoms with E-state index in [4.69, 9.17) is 4.42 Å². The molecule has 0 N–H and O–H groups in total. The number of nitrogens with zero attached hydrogens (tertiary/aromatic N) is 1. The molecule has 0 unspecified atom stereocenters. The van der Waals surface area contributed by atoms with Crippen LogP contribution in [0, 0.1) is 24.0 Å². The zero-order valence-corrected chi connectivity index (χ0v) is 14.8. The van der Waals surface area contributed by atoms with E-state index in [0.717, 1.165) is 16.5 Å². The second-order valence-electron chi connectivity index (χ2n) is 5.60. The molecular formula is C20H21NO4. The van der Waals surface area contributed by atoms with Crippen molar-refractivity contribution < 1.29 is 9.34 Å². The standard InChI is InChI=1S/C18H15NO4.C2H6/c1-11-6-7-15-12(2)16(18(20)23-17(15)8-11)10-13-4-3-5-14(9-13)19(21)22;1-2/h3-9H,10H2,1-2H3;1-2H3. The van der Waals surface area contributed by atoms with Crippen LogP contribution in [0.15, 0.2) is 51.7 Å². The fourth-order valence-corrected chi connectivity index (χ4v) is 2.69. The highest BCUT2D eigenvalue weighted by atomic mass is 16.6. The molecule has 1 aromatic heterocycles. The number of fused-ring (bicyclic) bond motifs is 1. The van der Waals surface area contributed by atoms with Crippen molar-refractivity contribution >= 4 is 16.7 Å². The first kappa shape index (κ1) is 18.4. The molecule has 0 aliphatic rings. The third-order valence-corrected chi connectivity index (χ3v) is 3.95. The fraction of sp³-hybridized carbons (Fsp3) is 0.250. The molecule has 2 aromatic carbocycles. The molecule has 0 fully saturated rings. The van der Waals surface area contributed by atoms with Crippen molar-refractivity contribution in [2.45, 2.75) is 34.1 Å². The van der Waals surface area contributed by atoms with Gasteiger partial charge in [-0.1, -0.05) is 38.1 Å². The van der Waals surface area contributed by atoms with Crippen LogP contribution in [-0.4, -0.2) is 4.92 Å². The first-order valence-corrected chi connectivity index (χ1v) is 8.22. The Bertz CT molecular complexity index is 973. The van der Waals surface area contributed by atoms with Gasteiger partial charge in [-0.15, -0.1) is 0 Å². The quantitative estimate of drug-likeness (QED) is 0.385. The number of aryl methyl sites for hydroxylation is 2. The summed E-state index contributed by atoms with van der Waals surface area (Å²) in [4.78, 5) is 22.7. The van der Waals surface area contributed by atoms with Crippen LogP contribution in [0.3, 0.4) is 0 Å². The van der Waals surface area contributed by atoms with Gasteiger partial charge in [-0.25, -0.2) is 4.79 Å². The van der Waals surface area contributed by atoms with E-state index in [1.165, 1.54) is 12.1 Å². The molecule has 0 bridgehead atoms. The molecule has 3 aromatic rings. The fourth-order valence-electron chi connectivity index (χ4n) is 2.69. The number of nitro benzene ring substituents is 1. The predicted octanol–water partition coefficient (Wildman–Crippen LogP) is 4.94.